The zero-order chi connectivity index (χ0) is 21.2. The Labute approximate surface area is 205 Å². The maximum atomic E-state index is 6.03. The molecule has 8 nitrogen and oxygen atoms in total. The van der Waals surface area contributed by atoms with E-state index in [9.17, 15) is 0 Å². The Morgan fingerprint density at radius 3 is 2.84 bits per heavy atom. The van der Waals surface area contributed by atoms with Gasteiger partial charge < -0.3 is 24.2 Å². The first-order valence-electron chi connectivity index (χ1n) is 10.3. The number of hydrogen-bond acceptors (Lipinski definition) is 6. The van der Waals surface area contributed by atoms with Gasteiger partial charge in [-0.1, -0.05) is 28.9 Å². The van der Waals surface area contributed by atoms with Gasteiger partial charge in [-0.2, -0.15) is 4.98 Å². The van der Waals surface area contributed by atoms with E-state index in [1.54, 1.807) is 14.2 Å². The Bertz CT molecular complexity index is 812. The second-order valence-corrected chi connectivity index (χ2v) is 7.59. The van der Waals surface area contributed by atoms with Crippen LogP contribution >= 0.6 is 35.6 Å². The molecule has 0 saturated carbocycles. The average molecular weight is 564 g/mol. The number of rotatable bonds is 9. The number of piperidine rings is 1. The number of halogens is 2. The predicted molar refractivity (Wildman–Crippen MR) is 132 cm³/mol. The molecule has 0 radical (unpaired) electrons. The molecule has 0 aliphatic carbocycles. The number of aliphatic imine (C=N–C) groups is 1. The van der Waals surface area contributed by atoms with Crippen molar-refractivity contribution in [3.63, 3.8) is 0 Å². The number of methoxy groups -OCH3 is 1. The molecule has 3 rings (SSSR count). The molecular formula is C21H31ClIN5O3. The molecule has 10 heteroatoms. The lowest BCUT2D eigenvalue weighted by atomic mass is 10.1. The van der Waals surface area contributed by atoms with E-state index < -0.39 is 0 Å². The highest BCUT2D eigenvalue weighted by Crippen LogP contribution is 2.20. The van der Waals surface area contributed by atoms with Crippen LogP contribution in [0.3, 0.4) is 0 Å². The van der Waals surface area contributed by atoms with E-state index in [2.05, 4.69) is 25.3 Å². The van der Waals surface area contributed by atoms with Gasteiger partial charge in [0, 0.05) is 64.0 Å². The number of ether oxygens (including phenoxy) is 2. The number of guanidine groups is 1. The Balaban J connectivity index is 0.00000341. The fraction of sp³-hybridized carbons (Fsp3) is 0.571. The van der Waals surface area contributed by atoms with Crippen LogP contribution in [0.15, 0.2) is 33.8 Å². The van der Waals surface area contributed by atoms with Crippen molar-refractivity contribution in [3.8, 4) is 11.4 Å². The average Bonchev–Trinajstić information content (AvgIpc) is 3.24. The van der Waals surface area contributed by atoms with Crippen LogP contribution in [0, 0.1) is 0 Å². The third-order valence-corrected chi connectivity index (χ3v) is 5.21. The van der Waals surface area contributed by atoms with Gasteiger partial charge in [-0.25, -0.2) is 0 Å². The molecule has 0 spiro atoms. The Morgan fingerprint density at radius 1 is 1.32 bits per heavy atom. The van der Waals surface area contributed by atoms with Crippen LogP contribution in [0.4, 0.5) is 0 Å². The molecule has 2 aromatic rings. The van der Waals surface area contributed by atoms with Crippen LogP contribution in [-0.4, -0.2) is 74.1 Å². The summed E-state index contributed by atoms with van der Waals surface area (Å²) in [5, 5.41) is 8.08. The van der Waals surface area contributed by atoms with Crippen LogP contribution in [0.25, 0.3) is 11.4 Å². The van der Waals surface area contributed by atoms with Crippen molar-refractivity contribution in [1.82, 2.24) is 20.4 Å². The highest BCUT2D eigenvalue weighted by molar-refractivity contribution is 14.0. The summed E-state index contributed by atoms with van der Waals surface area (Å²) < 4.78 is 16.4. The first-order valence-corrected chi connectivity index (χ1v) is 10.7. The van der Waals surface area contributed by atoms with Gasteiger partial charge in [0.1, 0.15) is 0 Å². The smallest absolute Gasteiger partial charge is 0.228 e. The molecule has 1 fully saturated rings. The molecule has 0 bridgehead atoms. The highest BCUT2D eigenvalue weighted by Gasteiger charge is 2.21. The van der Waals surface area contributed by atoms with Crippen molar-refractivity contribution in [2.24, 2.45) is 4.99 Å². The van der Waals surface area contributed by atoms with E-state index in [-0.39, 0.29) is 24.0 Å². The van der Waals surface area contributed by atoms with E-state index in [1.807, 2.05) is 24.3 Å². The molecule has 172 valence electrons. The van der Waals surface area contributed by atoms with Gasteiger partial charge >= 0.3 is 0 Å². The SMILES string of the molecule is CN=C(NCCc1nc(-c2cccc(Cl)c2)no1)N1CCC(OCCCOC)CC1.I. The standard InChI is InChI=1S/C21H30ClN5O3.HI/c1-23-21(27-11-8-18(9-12-27)29-14-4-13-28-2)24-10-7-19-25-20(26-30-19)16-5-3-6-17(22)15-16;/h3,5-6,15,18H,4,7-14H2,1-2H3,(H,23,24);1H. The van der Waals surface area contributed by atoms with E-state index >= 15 is 0 Å². The minimum absolute atomic E-state index is 0. The van der Waals surface area contributed by atoms with Crippen molar-refractivity contribution in [2.45, 2.75) is 31.8 Å². The summed E-state index contributed by atoms with van der Waals surface area (Å²) in [6, 6.07) is 7.41. The van der Waals surface area contributed by atoms with Crippen LogP contribution in [0.1, 0.15) is 25.2 Å². The van der Waals surface area contributed by atoms with Gasteiger partial charge in [0.05, 0.1) is 6.10 Å². The third kappa shape index (κ3) is 8.21. The van der Waals surface area contributed by atoms with Gasteiger partial charge in [-0.05, 0) is 31.4 Å². The van der Waals surface area contributed by atoms with E-state index in [0.29, 0.717) is 35.8 Å². The maximum absolute atomic E-state index is 6.03. The number of aromatic nitrogens is 2. The summed E-state index contributed by atoms with van der Waals surface area (Å²) in [6.45, 7) is 4.02. The summed E-state index contributed by atoms with van der Waals surface area (Å²) in [5.41, 5.74) is 0.841. The fourth-order valence-corrected chi connectivity index (χ4v) is 3.59. The number of likely N-dealkylation sites (tertiary alicyclic amines) is 1. The molecular weight excluding hydrogens is 533 g/mol. The molecule has 0 atom stereocenters. The molecule has 0 amide bonds. The van der Waals surface area contributed by atoms with Crippen molar-refractivity contribution in [3.05, 3.63) is 35.2 Å². The van der Waals surface area contributed by atoms with Crippen LogP contribution < -0.4 is 5.32 Å². The van der Waals surface area contributed by atoms with E-state index in [4.69, 9.17) is 25.6 Å². The molecule has 1 aliphatic heterocycles. The molecule has 1 aromatic carbocycles. The van der Waals surface area contributed by atoms with Crippen LogP contribution in [-0.2, 0) is 15.9 Å². The summed E-state index contributed by atoms with van der Waals surface area (Å²) in [5.74, 6) is 2.02. The Morgan fingerprint density at radius 2 is 2.13 bits per heavy atom. The lowest BCUT2D eigenvalue weighted by Crippen LogP contribution is -2.47. The van der Waals surface area contributed by atoms with Crippen molar-refractivity contribution in [2.75, 3.05) is 47.0 Å². The third-order valence-electron chi connectivity index (χ3n) is 4.97. The summed E-state index contributed by atoms with van der Waals surface area (Å²) in [4.78, 5) is 11.1. The van der Waals surface area contributed by atoms with Gasteiger partial charge in [-0.15, -0.1) is 24.0 Å². The van der Waals surface area contributed by atoms with Gasteiger partial charge in [0.2, 0.25) is 11.7 Å². The second-order valence-electron chi connectivity index (χ2n) is 7.15. The minimum atomic E-state index is 0. The van der Waals surface area contributed by atoms with Gasteiger partial charge in [0.25, 0.3) is 0 Å². The molecule has 0 unspecified atom stereocenters. The largest absolute Gasteiger partial charge is 0.385 e. The normalized spacial score (nSPS) is 15.1. The molecule has 1 saturated heterocycles. The molecule has 1 aromatic heterocycles. The summed E-state index contributed by atoms with van der Waals surface area (Å²) in [6.07, 6.45) is 3.88. The summed E-state index contributed by atoms with van der Waals surface area (Å²) in [7, 11) is 3.52. The van der Waals surface area contributed by atoms with Crippen LogP contribution in [0.2, 0.25) is 5.02 Å². The predicted octanol–water partition coefficient (Wildman–Crippen LogP) is 3.64. The monoisotopic (exact) mass is 563 g/mol. The van der Waals surface area contributed by atoms with E-state index in [0.717, 1.165) is 57.1 Å². The summed E-state index contributed by atoms with van der Waals surface area (Å²) >= 11 is 6.03. The lowest BCUT2D eigenvalue weighted by molar-refractivity contribution is 0.00991. The zero-order valence-corrected chi connectivity index (χ0v) is 21.1. The molecule has 1 N–H and O–H groups in total. The Kier molecular flexibility index (Phi) is 11.6. The molecule has 31 heavy (non-hydrogen) atoms. The first kappa shape index (κ1) is 25.8. The van der Waals surface area contributed by atoms with E-state index in [1.165, 1.54) is 0 Å². The topological polar surface area (TPSA) is 85.0 Å². The van der Waals surface area contributed by atoms with Gasteiger partial charge in [-0.3, -0.25) is 4.99 Å². The number of nitrogens with zero attached hydrogens (tertiary/aromatic N) is 4. The van der Waals surface area contributed by atoms with Crippen molar-refractivity contribution >= 4 is 41.5 Å². The van der Waals surface area contributed by atoms with Gasteiger partial charge in [0.15, 0.2) is 5.96 Å². The van der Waals surface area contributed by atoms with Crippen molar-refractivity contribution in [1.29, 1.82) is 0 Å². The minimum Gasteiger partial charge on any atom is -0.385 e. The second kappa shape index (κ2) is 13.9. The number of hydrogen-bond donors (Lipinski definition) is 1. The maximum Gasteiger partial charge on any atom is 0.228 e. The highest BCUT2D eigenvalue weighted by atomic mass is 127. The first-order chi connectivity index (χ1) is 14.7. The lowest BCUT2D eigenvalue weighted by Gasteiger charge is -2.34. The number of nitrogens with one attached hydrogen (secondary N) is 1. The van der Waals surface area contributed by atoms with Crippen molar-refractivity contribution < 1.29 is 14.0 Å². The number of benzene rings is 1. The molecule has 2 heterocycles. The zero-order valence-electron chi connectivity index (χ0n) is 18.1. The molecule has 1 aliphatic rings. The van der Waals surface area contributed by atoms with Crippen LogP contribution in [0.5, 0.6) is 0 Å². The Hall–Kier alpha value is -1.43. The quantitative estimate of drug-likeness (QED) is 0.216. The fourth-order valence-electron chi connectivity index (χ4n) is 3.40.